The van der Waals surface area contributed by atoms with E-state index in [1.807, 2.05) is 63.3 Å². The second-order valence-corrected chi connectivity index (χ2v) is 6.34. The van der Waals surface area contributed by atoms with Crippen LogP contribution >= 0.6 is 0 Å². The third-order valence-electron chi connectivity index (χ3n) is 3.52. The van der Waals surface area contributed by atoms with Gasteiger partial charge in [-0.2, -0.15) is 0 Å². The number of anilines is 1. The minimum atomic E-state index is -0.158. The van der Waals surface area contributed by atoms with E-state index < -0.39 is 0 Å². The first kappa shape index (κ1) is 20.9. The fraction of sp³-hybridized carbons (Fsp3) is 0.227. The molecule has 0 saturated heterocycles. The van der Waals surface area contributed by atoms with Gasteiger partial charge in [0.2, 0.25) is 0 Å². The number of pyridine rings is 1. The van der Waals surface area contributed by atoms with E-state index >= 15 is 0 Å². The van der Waals surface area contributed by atoms with E-state index in [9.17, 15) is 4.79 Å². The quantitative estimate of drug-likeness (QED) is 0.537. The molecule has 6 heteroatoms. The van der Waals surface area contributed by atoms with Crippen LogP contribution < -0.4 is 15.4 Å². The van der Waals surface area contributed by atoms with Gasteiger partial charge >= 0.3 is 0 Å². The third kappa shape index (κ3) is 7.07. The Labute approximate surface area is 166 Å². The molecule has 1 heterocycles. The van der Waals surface area contributed by atoms with Crippen molar-refractivity contribution in [3.63, 3.8) is 0 Å². The first-order valence-corrected chi connectivity index (χ1v) is 9.08. The number of allylic oxidation sites excluding steroid dienone is 1. The molecule has 0 aliphatic rings. The van der Waals surface area contributed by atoms with Crippen molar-refractivity contribution in [3.8, 4) is 5.75 Å². The lowest BCUT2D eigenvalue weighted by atomic mass is 10.1. The minimum absolute atomic E-state index is 0.0369. The molecule has 2 aromatic rings. The van der Waals surface area contributed by atoms with Gasteiger partial charge in [0, 0.05) is 29.7 Å². The Morgan fingerprint density at radius 1 is 1.29 bits per heavy atom. The fourth-order valence-corrected chi connectivity index (χ4v) is 2.34. The van der Waals surface area contributed by atoms with Crippen molar-refractivity contribution < 1.29 is 9.53 Å². The van der Waals surface area contributed by atoms with E-state index in [4.69, 9.17) is 4.74 Å². The number of rotatable bonds is 8. The zero-order chi connectivity index (χ0) is 20.4. The predicted molar refractivity (Wildman–Crippen MR) is 114 cm³/mol. The van der Waals surface area contributed by atoms with E-state index in [0.717, 1.165) is 11.3 Å². The fourth-order valence-electron chi connectivity index (χ4n) is 2.34. The highest BCUT2D eigenvalue weighted by molar-refractivity contribution is 6.06. The SMILES string of the molecule is C=C(N=C(/C=C\C)Nc1ccncc1)c1cccc(OCC(=O)NC(C)C)c1. The van der Waals surface area contributed by atoms with Crippen LogP contribution in [0.15, 0.2) is 72.5 Å². The van der Waals surface area contributed by atoms with E-state index in [-0.39, 0.29) is 18.6 Å². The van der Waals surface area contributed by atoms with Crippen molar-refractivity contribution >= 4 is 23.1 Å². The molecule has 6 nitrogen and oxygen atoms in total. The van der Waals surface area contributed by atoms with Crippen LogP contribution in [0, 0.1) is 0 Å². The number of hydrogen-bond acceptors (Lipinski definition) is 4. The molecule has 0 saturated carbocycles. The molecule has 2 N–H and O–H groups in total. The van der Waals surface area contributed by atoms with Crippen LogP contribution in [-0.2, 0) is 4.79 Å². The summed E-state index contributed by atoms with van der Waals surface area (Å²) < 4.78 is 5.57. The van der Waals surface area contributed by atoms with Gasteiger partial charge in [0.1, 0.15) is 11.6 Å². The summed E-state index contributed by atoms with van der Waals surface area (Å²) in [5.74, 6) is 1.08. The van der Waals surface area contributed by atoms with Crippen molar-refractivity contribution in [2.24, 2.45) is 4.99 Å². The van der Waals surface area contributed by atoms with E-state index in [2.05, 4.69) is 27.2 Å². The Hall–Kier alpha value is -3.41. The van der Waals surface area contributed by atoms with Crippen molar-refractivity contribution in [1.29, 1.82) is 0 Å². The van der Waals surface area contributed by atoms with Crippen LogP contribution in [0.1, 0.15) is 26.3 Å². The summed E-state index contributed by atoms with van der Waals surface area (Å²) in [7, 11) is 0. The number of amidine groups is 1. The molecular weight excluding hydrogens is 352 g/mol. The first-order valence-electron chi connectivity index (χ1n) is 9.08. The summed E-state index contributed by atoms with van der Waals surface area (Å²) in [5, 5.41) is 6.02. The summed E-state index contributed by atoms with van der Waals surface area (Å²) in [5.41, 5.74) is 2.26. The molecule has 0 spiro atoms. The first-order chi connectivity index (χ1) is 13.5. The normalized spacial score (nSPS) is 11.5. The summed E-state index contributed by atoms with van der Waals surface area (Å²) in [6, 6.07) is 11.1. The van der Waals surface area contributed by atoms with Crippen LogP contribution in [0.25, 0.3) is 5.70 Å². The lowest BCUT2D eigenvalue weighted by Crippen LogP contribution is -2.34. The van der Waals surface area contributed by atoms with E-state index in [1.165, 1.54) is 0 Å². The lowest BCUT2D eigenvalue weighted by Gasteiger charge is -2.11. The second kappa shape index (κ2) is 10.7. The Morgan fingerprint density at radius 2 is 2.04 bits per heavy atom. The van der Waals surface area contributed by atoms with Gasteiger partial charge in [0.15, 0.2) is 6.61 Å². The monoisotopic (exact) mass is 378 g/mol. The largest absolute Gasteiger partial charge is 0.484 e. The average Bonchev–Trinajstić information content (AvgIpc) is 2.67. The zero-order valence-electron chi connectivity index (χ0n) is 16.5. The van der Waals surface area contributed by atoms with Crippen molar-refractivity contribution in [3.05, 3.63) is 73.1 Å². The third-order valence-corrected chi connectivity index (χ3v) is 3.52. The number of benzene rings is 1. The maximum atomic E-state index is 11.7. The molecule has 28 heavy (non-hydrogen) atoms. The molecule has 1 aromatic heterocycles. The summed E-state index contributed by atoms with van der Waals surface area (Å²) in [4.78, 5) is 20.3. The van der Waals surface area contributed by atoms with Crippen molar-refractivity contribution in [1.82, 2.24) is 10.3 Å². The smallest absolute Gasteiger partial charge is 0.258 e. The summed E-state index contributed by atoms with van der Waals surface area (Å²) in [6.07, 6.45) is 7.18. The molecule has 0 aliphatic carbocycles. The van der Waals surface area contributed by atoms with Crippen LogP contribution in [0.2, 0.25) is 0 Å². The Balaban J connectivity index is 2.09. The van der Waals surface area contributed by atoms with Crippen LogP contribution in [0.3, 0.4) is 0 Å². The molecule has 1 amide bonds. The lowest BCUT2D eigenvalue weighted by molar-refractivity contribution is -0.123. The summed E-state index contributed by atoms with van der Waals surface area (Å²) >= 11 is 0. The number of ether oxygens (including phenoxy) is 1. The van der Waals surface area contributed by atoms with Gasteiger partial charge in [-0.05, 0) is 51.1 Å². The summed E-state index contributed by atoms with van der Waals surface area (Å²) in [6.45, 7) is 9.75. The van der Waals surface area contributed by atoms with E-state index in [0.29, 0.717) is 17.3 Å². The molecule has 0 unspecified atom stereocenters. The maximum Gasteiger partial charge on any atom is 0.258 e. The maximum absolute atomic E-state index is 11.7. The van der Waals surface area contributed by atoms with Gasteiger partial charge in [-0.15, -0.1) is 0 Å². The van der Waals surface area contributed by atoms with Gasteiger partial charge in [-0.1, -0.05) is 24.8 Å². The number of nitrogens with zero attached hydrogens (tertiary/aromatic N) is 2. The molecular formula is C22H26N4O2. The Bertz CT molecular complexity index is 858. The van der Waals surface area contributed by atoms with Gasteiger partial charge in [-0.3, -0.25) is 9.78 Å². The van der Waals surface area contributed by atoms with Crippen LogP contribution in [0.5, 0.6) is 5.75 Å². The highest BCUT2D eigenvalue weighted by atomic mass is 16.5. The zero-order valence-corrected chi connectivity index (χ0v) is 16.5. The predicted octanol–water partition coefficient (Wildman–Crippen LogP) is 4.04. The highest BCUT2D eigenvalue weighted by Gasteiger charge is 2.06. The van der Waals surface area contributed by atoms with Crippen LogP contribution in [0.4, 0.5) is 5.69 Å². The molecule has 0 aliphatic heterocycles. The molecule has 0 atom stereocenters. The Morgan fingerprint density at radius 3 is 2.71 bits per heavy atom. The second-order valence-electron chi connectivity index (χ2n) is 6.34. The molecule has 2 rings (SSSR count). The van der Waals surface area contributed by atoms with Gasteiger partial charge in [-0.25, -0.2) is 4.99 Å². The van der Waals surface area contributed by atoms with E-state index in [1.54, 1.807) is 18.5 Å². The minimum Gasteiger partial charge on any atom is -0.484 e. The van der Waals surface area contributed by atoms with Crippen LogP contribution in [-0.4, -0.2) is 29.4 Å². The number of carbonyl (C=O) groups excluding carboxylic acids is 1. The van der Waals surface area contributed by atoms with Crippen molar-refractivity contribution in [2.45, 2.75) is 26.8 Å². The molecule has 0 bridgehead atoms. The number of aliphatic imine (C=N–C) groups is 1. The van der Waals surface area contributed by atoms with Gasteiger partial charge < -0.3 is 15.4 Å². The number of hydrogen-bond donors (Lipinski definition) is 2. The average molecular weight is 378 g/mol. The number of aromatic nitrogens is 1. The molecule has 146 valence electrons. The van der Waals surface area contributed by atoms with Gasteiger partial charge in [0.25, 0.3) is 5.91 Å². The number of nitrogens with one attached hydrogen (secondary N) is 2. The number of amides is 1. The highest BCUT2D eigenvalue weighted by Crippen LogP contribution is 2.20. The number of carbonyl (C=O) groups is 1. The molecule has 0 fully saturated rings. The van der Waals surface area contributed by atoms with Gasteiger partial charge in [0.05, 0.1) is 5.70 Å². The van der Waals surface area contributed by atoms with Crippen molar-refractivity contribution in [2.75, 3.05) is 11.9 Å². The Kier molecular flexibility index (Phi) is 7.96. The topological polar surface area (TPSA) is 75.6 Å². The standard InChI is InChI=1S/C22H26N4O2/c1-5-7-21(26-19-10-12-23-13-11-19)25-17(4)18-8-6-9-20(14-18)28-15-22(27)24-16(2)3/h5-14,16H,4,15H2,1-3H3,(H,24,27)(H,23,25,26)/b7-5-. The molecule has 0 radical (unpaired) electrons. The molecule has 1 aromatic carbocycles.